The van der Waals surface area contributed by atoms with Crippen LogP contribution in [0.15, 0.2) is 146 Å². The van der Waals surface area contributed by atoms with Crippen LogP contribution in [0.3, 0.4) is 0 Å². The van der Waals surface area contributed by atoms with Crippen molar-refractivity contribution in [1.29, 1.82) is 0 Å². The highest BCUT2D eigenvalue weighted by atomic mass is 16.5. The van der Waals surface area contributed by atoms with Crippen molar-refractivity contribution < 1.29 is 28.5 Å². The van der Waals surface area contributed by atoms with Gasteiger partial charge in [0, 0.05) is 38.1 Å². The van der Waals surface area contributed by atoms with Crippen LogP contribution in [0.1, 0.15) is 62.8 Å². The fourth-order valence-electron chi connectivity index (χ4n) is 5.80. The minimum atomic E-state index is 0.00484. The number of aryl methyl sites for hydroxylation is 2. The zero-order chi connectivity index (χ0) is 41.0. The van der Waals surface area contributed by atoms with Crippen molar-refractivity contribution in [3.63, 3.8) is 0 Å². The third-order valence-corrected chi connectivity index (χ3v) is 8.84. The average molecular weight is 781 g/mol. The van der Waals surface area contributed by atoms with Gasteiger partial charge in [-0.15, -0.1) is 0 Å². The van der Waals surface area contributed by atoms with E-state index < -0.39 is 0 Å². The first kappa shape index (κ1) is 42.5. The second-order valence-electron chi connectivity index (χ2n) is 14.0. The van der Waals surface area contributed by atoms with Gasteiger partial charge in [-0.25, -0.2) is 9.97 Å². The number of nitrogens with one attached hydrogen (secondary N) is 2. The van der Waals surface area contributed by atoms with Crippen LogP contribution in [-0.2, 0) is 35.6 Å². The smallest absolute Gasteiger partial charge is 0.219 e. The fraction of sp³-hybridized carbons (Fsp3) is 0.250. The van der Waals surface area contributed by atoms with Gasteiger partial charge in [0.25, 0.3) is 0 Å². The lowest BCUT2D eigenvalue weighted by Crippen LogP contribution is -2.30. The number of pyridine rings is 2. The summed E-state index contributed by atoms with van der Waals surface area (Å²) in [4.78, 5) is 30.7. The highest BCUT2D eigenvalue weighted by molar-refractivity contribution is 5.73. The Balaban J connectivity index is 0.000000221. The maximum atomic E-state index is 11.1. The van der Waals surface area contributed by atoms with E-state index in [1.807, 2.05) is 135 Å². The number of hydrogen-bond donors (Lipinski definition) is 2. The Morgan fingerprint density at radius 3 is 1.17 bits per heavy atom. The molecular weight excluding hydrogens is 729 g/mol. The van der Waals surface area contributed by atoms with Gasteiger partial charge in [0.1, 0.15) is 36.2 Å². The van der Waals surface area contributed by atoms with Crippen LogP contribution in [0.5, 0.6) is 34.8 Å². The number of hydrogen-bond acceptors (Lipinski definition) is 8. The quantitative estimate of drug-likeness (QED) is 0.0885. The van der Waals surface area contributed by atoms with Crippen molar-refractivity contribution in [2.75, 3.05) is 0 Å². The molecule has 2 amide bonds. The Morgan fingerprint density at radius 2 is 0.845 bits per heavy atom. The Morgan fingerprint density at radius 1 is 0.483 bits per heavy atom. The molecule has 0 unspecified atom stereocenters. The number of benzene rings is 4. The van der Waals surface area contributed by atoms with E-state index in [0.29, 0.717) is 36.5 Å². The molecule has 0 spiro atoms. The molecule has 0 radical (unpaired) electrons. The van der Waals surface area contributed by atoms with Gasteiger partial charge in [-0.05, 0) is 98.2 Å². The molecule has 0 aliphatic carbocycles. The van der Waals surface area contributed by atoms with Gasteiger partial charge in [-0.2, -0.15) is 0 Å². The molecule has 2 aromatic heterocycles. The van der Waals surface area contributed by atoms with E-state index in [1.54, 1.807) is 38.4 Å². The van der Waals surface area contributed by atoms with E-state index in [9.17, 15) is 9.59 Å². The van der Waals surface area contributed by atoms with Crippen molar-refractivity contribution >= 4 is 11.8 Å². The molecule has 58 heavy (non-hydrogen) atoms. The zero-order valence-electron chi connectivity index (χ0n) is 33.6. The molecule has 0 saturated heterocycles. The molecule has 10 heteroatoms. The monoisotopic (exact) mass is 780 g/mol. The molecule has 0 fully saturated rings. The predicted molar refractivity (Wildman–Crippen MR) is 226 cm³/mol. The summed E-state index contributed by atoms with van der Waals surface area (Å²) in [6.45, 7) is 8.11. The molecule has 10 nitrogen and oxygen atoms in total. The van der Waals surface area contributed by atoms with E-state index in [1.165, 1.54) is 11.1 Å². The molecule has 0 aliphatic rings. The predicted octanol–water partition coefficient (Wildman–Crippen LogP) is 9.82. The first-order valence-corrected chi connectivity index (χ1v) is 19.5. The number of carbonyl (C=O) groups excluding carboxylic acids is 2. The first-order valence-electron chi connectivity index (χ1n) is 19.5. The molecule has 6 rings (SSSR count). The molecule has 2 heterocycles. The van der Waals surface area contributed by atoms with Crippen LogP contribution >= 0.6 is 0 Å². The lowest BCUT2D eigenvalue weighted by atomic mass is 10.1. The van der Waals surface area contributed by atoms with E-state index in [2.05, 4.69) is 20.6 Å². The summed E-state index contributed by atoms with van der Waals surface area (Å²) in [7, 11) is 0. The number of aromatic nitrogens is 2. The number of ether oxygens (including phenoxy) is 4. The van der Waals surface area contributed by atoms with Crippen molar-refractivity contribution in [1.82, 2.24) is 20.6 Å². The minimum Gasteiger partial charge on any atom is -0.487 e. The Bertz CT molecular complexity index is 1940. The Hall–Kier alpha value is -6.68. The molecule has 2 atom stereocenters. The number of rotatable bonds is 18. The van der Waals surface area contributed by atoms with Gasteiger partial charge in [-0.3, -0.25) is 9.59 Å². The molecule has 0 aliphatic heterocycles. The summed E-state index contributed by atoms with van der Waals surface area (Å²) in [6, 6.07) is 43.5. The van der Waals surface area contributed by atoms with Crippen molar-refractivity contribution in [2.45, 2.75) is 78.7 Å². The lowest BCUT2D eigenvalue weighted by molar-refractivity contribution is -0.120. The second kappa shape index (κ2) is 22.8. The van der Waals surface area contributed by atoms with E-state index >= 15 is 0 Å². The van der Waals surface area contributed by atoms with Crippen LogP contribution in [0.2, 0.25) is 0 Å². The summed E-state index contributed by atoms with van der Waals surface area (Å²) >= 11 is 0. The van der Waals surface area contributed by atoms with Crippen molar-refractivity contribution in [2.24, 2.45) is 0 Å². The summed E-state index contributed by atoms with van der Waals surface area (Å²) in [5.74, 6) is 3.90. The average Bonchev–Trinajstić information content (AvgIpc) is 3.23. The van der Waals surface area contributed by atoms with Gasteiger partial charge in [0.05, 0.1) is 12.4 Å². The van der Waals surface area contributed by atoms with E-state index in [0.717, 1.165) is 48.3 Å². The third-order valence-electron chi connectivity index (χ3n) is 8.84. The first-order chi connectivity index (χ1) is 28.2. The summed E-state index contributed by atoms with van der Waals surface area (Å²) in [5, 5.41) is 5.80. The number of nitrogens with zero attached hydrogens (tertiary/aromatic N) is 2. The van der Waals surface area contributed by atoms with Crippen LogP contribution < -0.4 is 29.6 Å². The summed E-state index contributed by atoms with van der Waals surface area (Å²) < 4.78 is 23.1. The lowest BCUT2D eigenvalue weighted by Gasteiger charge is -2.12. The standard InChI is InChI=1S/2C24H26N2O3/c2*1-18(26-19(2)27)8-9-20-10-12-22(13-11-20)29-24-15-14-23(16-25-24)28-17-21-6-4-3-5-7-21/h2*3-7,10-16,18H,8-9,17H2,1-2H3,(H,26,27)/t2*18-/m10/s1. The topological polar surface area (TPSA) is 121 Å². The highest BCUT2D eigenvalue weighted by Gasteiger charge is 2.07. The molecule has 6 aromatic rings. The highest BCUT2D eigenvalue weighted by Crippen LogP contribution is 2.24. The largest absolute Gasteiger partial charge is 0.487 e. The van der Waals surface area contributed by atoms with Crippen molar-refractivity contribution in [3.05, 3.63) is 168 Å². The molecular formula is C48H52N4O6. The zero-order valence-corrected chi connectivity index (χ0v) is 33.6. The Labute approximate surface area is 341 Å². The maximum Gasteiger partial charge on any atom is 0.219 e. The van der Waals surface area contributed by atoms with Crippen LogP contribution in [0.4, 0.5) is 0 Å². The second-order valence-corrected chi connectivity index (χ2v) is 14.0. The van der Waals surface area contributed by atoms with Gasteiger partial charge in [-0.1, -0.05) is 84.9 Å². The molecule has 2 N–H and O–H groups in total. The van der Waals surface area contributed by atoms with Gasteiger partial charge in [0.2, 0.25) is 23.6 Å². The van der Waals surface area contributed by atoms with Crippen molar-refractivity contribution in [3.8, 4) is 34.8 Å². The van der Waals surface area contributed by atoms with Gasteiger partial charge in [0.15, 0.2) is 0 Å². The fourth-order valence-corrected chi connectivity index (χ4v) is 5.80. The third kappa shape index (κ3) is 15.8. The summed E-state index contributed by atoms with van der Waals surface area (Å²) in [6.07, 6.45) is 6.91. The minimum absolute atomic E-state index is 0.00484. The SMILES string of the molecule is CC(=O)N[C@@H](C)CCc1ccc(Oc2ccc(OCc3ccccc3)cn2)cc1.CC(=O)N[C@H](C)CCc1ccc(Oc2ccc(OCc3ccccc3)cn2)cc1. The molecule has 300 valence electrons. The van der Waals surface area contributed by atoms with E-state index in [4.69, 9.17) is 18.9 Å². The molecule has 0 saturated carbocycles. The molecule has 0 bridgehead atoms. The van der Waals surface area contributed by atoms with Gasteiger partial charge >= 0.3 is 0 Å². The normalized spacial score (nSPS) is 11.5. The summed E-state index contributed by atoms with van der Waals surface area (Å²) in [5.41, 5.74) is 4.62. The van der Waals surface area contributed by atoms with E-state index in [-0.39, 0.29) is 23.9 Å². The number of carbonyl (C=O) groups is 2. The maximum absolute atomic E-state index is 11.1. The van der Waals surface area contributed by atoms with Crippen LogP contribution in [0, 0.1) is 0 Å². The van der Waals surface area contributed by atoms with Gasteiger partial charge < -0.3 is 29.6 Å². The molecule has 4 aromatic carbocycles. The number of amides is 2. The Kier molecular flexibility index (Phi) is 16.7. The van der Waals surface area contributed by atoms with Crippen LogP contribution in [-0.4, -0.2) is 33.9 Å². The van der Waals surface area contributed by atoms with Crippen LogP contribution in [0.25, 0.3) is 0 Å².